The van der Waals surface area contributed by atoms with Crippen LogP contribution in [0.15, 0.2) is 36.7 Å². The minimum Gasteiger partial charge on any atom is -0.316 e. The van der Waals surface area contributed by atoms with E-state index in [2.05, 4.69) is 10.4 Å². The van der Waals surface area contributed by atoms with Crippen LogP contribution in [-0.4, -0.2) is 22.9 Å². The molecule has 1 aliphatic heterocycles. The molecule has 1 fully saturated rings. The van der Waals surface area contributed by atoms with Gasteiger partial charge in [0.25, 0.3) is 0 Å². The quantitative estimate of drug-likeness (QED) is 0.874. The Morgan fingerprint density at radius 2 is 2.00 bits per heavy atom. The summed E-state index contributed by atoms with van der Waals surface area (Å²) in [5.41, 5.74) is 2.04. The molecule has 0 aliphatic carbocycles. The molecular weight excluding hydrogens is 217 g/mol. The molecule has 3 rings (SSSR count). The summed E-state index contributed by atoms with van der Waals surface area (Å²) in [5, 5.41) is 7.58. The van der Waals surface area contributed by atoms with E-state index < -0.39 is 0 Å². The minimum absolute atomic E-state index is 0.207. The molecule has 0 atom stereocenters. The van der Waals surface area contributed by atoms with Gasteiger partial charge in [0.1, 0.15) is 5.82 Å². The van der Waals surface area contributed by atoms with E-state index in [0.717, 1.165) is 30.8 Å². The smallest absolute Gasteiger partial charge is 0.123 e. The lowest BCUT2D eigenvalue weighted by Gasteiger charge is -2.26. The molecule has 3 nitrogen and oxygen atoms in total. The normalized spacial score (nSPS) is 15.8. The van der Waals surface area contributed by atoms with Crippen LogP contribution in [0.5, 0.6) is 0 Å². The summed E-state index contributed by atoms with van der Waals surface area (Å²) in [6, 6.07) is 6.51. The molecular formula is C13H14FN3. The Morgan fingerprint density at radius 3 is 2.65 bits per heavy atom. The SMILES string of the molecule is Fc1ccc(-c2cnn(CC3CNC3)c2)cc1. The van der Waals surface area contributed by atoms with Crippen molar-refractivity contribution >= 4 is 0 Å². The van der Waals surface area contributed by atoms with Crippen LogP contribution in [0.25, 0.3) is 11.1 Å². The summed E-state index contributed by atoms with van der Waals surface area (Å²) in [7, 11) is 0. The molecule has 1 aromatic heterocycles. The van der Waals surface area contributed by atoms with Crippen molar-refractivity contribution in [2.75, 3.05) is 13.1 Å². The van der Waals surface area contributed by atoms with Gasteiger partial charge in [-0.2, -0.15) is 5.10 Å². The summed E-state index contributed by atoms with van der Waals surface area (Å²) in [6.07, 6.45) is 3.85. The maximum absolute atomic E-state index is 12.8. The highest BCUT2D eigenvalue weighted by Crippen LogP contribution is 2.19. The van der Waals surface area contributed by atoms with Crippen molar-refractivity contribution in [2.45, 2.75) is 6.54 Å². The lowest BCUT2D eigenvalue weighted by Crippen LogP contribution is -2.44. The maximum Gasteiger partial charge on any atom is 0.123 e. The second-order valence-corrected chi connectivity index (χ2v) is 4.48. The molecule has 2 aromatic rings. The number of rotatable bonds is 3. The van der Waals surface area contributed by atoms with Crippen molar-refractivity contribution in [1.82, 2.24) is 15.1 Å². The number of hydrogen-bond donors (Lipinski definition) is 1. The van der Waals surface area contributed by atoms with Crippen molar-refractivity contribution in [3.63, 3.8) is 0 Å². The number of hydrogen-bond acceptors (Lipinski definition) is 2. The Hall–Kier alpha value is -1.68. The van der Waals surface area contributed by atoms with Gasteiger partial charge in [0.2, 0.25) is 0 Å². The van der Waals surface area contributed by atoms with Gasteiger partial charge in [0.15, 0.2) is 0 Å². The molecule has 1 aromatic carbocycles. The minimum atomic E-state index is -0.207. The van der Waals surface area contributed by atoms with E-state index >= 15 is 0 Å². The first kappa shape index (κ1) is 10.5. The fourth-order valence-electron chi connectivity index (χ4n) is 2.00. The highest BCUT2D eigenvalue weighted by Gasteiger charge is 2.17. The predicted molar refractivity (Wildman–Crippen MR) is 64.0 cm³/mol. The topological polar surface area (TPSA) is 29.9 Å². The van der Waals surface area contributed by atoms with Crippen molar-refractivity contribution in [3.05, 3.63) is 42.5 Å². The van der Waals surface area contributed by atoms with E-state index in [-0.39, 0.29) is 5.82 Å². The van der Waals surface area contributed by atoms with Crippen LogP contribution < -0.4 is 5.32 Å². The van der Waals surface area contributed by atoms with Gasteiger partial charge in [0, 0.05) is 37.3 Å². The molecule has 1 N–H and O–H groups in total. The highest BCUT2D eigenvalue weighted by atomic mass is 19.1. The monoisotopic (exact) mass is 231 g/mol. The summed E-state index contributed by atoms with van der Waals surface area (Å²) < 4.78 is 14.8. The fraction of sp³-hybridized carbons (Fsp3) is 0.308. The second kappa shape index (κ2) is 4.30. The molecule has 1 aliphatic rings. The maximum atomic E-state index is 12.8. The molecule has 0 spiro atoms. The molecule has 0 unspecified atom stereocenters. The van der Waals surface area contributed by atoms with Gasteiger partial charge in [-0.25, -0.2) is 4.39 Å². The first-order chi connectivity index (χ1) is 8.31. The Labute approximate surface area is 99.3 Å². The molecule has 0 saturated carbocycles. The van der Waals surface area contributed by atoms with E-state index in [1.807, 2.05) is 17.1 Å². The zero-order valence-electron chi connectivity index (χ0n) is 9.44. The summed E-state index contributed by atoms with van der Waals surface area (Å²) in [4.78, 5) is 0. The predicted octanol–water partition coefficient (Wildman–Crippen LogP) is 1.91. The van der Waals surface area contributed by atoms with Gasteiger partial charge in [0.05, 0.1) is 6.20 Å². The number of aromatic nitrogens is 2. The number of halogens is 1. The van der Waals surface area contributed by atoms with Crippen LogP contribution in [0.4, 0.5) is 4.39 Å². The van der Waals surface area contributed by atoms with E-state index in [4.69, 9.17) is 0 Å². The lowest BCUT2D eigenvalue weighted by molar-refractivity contribution is 0.295. The van der Waals surface area contributed by atoms with Crippen LogP contribution in [0.2, 0.25) is 0 Å². The standard InChI is InChI=1S/C13H14FN3/c14-13-3-1-11(2-4-13)12-7-16-17(9-12)8-10-5-15-6-10/h1-4,7,9-10,15H,5-6,8H2. The van der Waals surface area contributed by atoms with E-state index in [1.165, 1.54) is 12.1 Å². The van der Waals surface area contributed by atoms with Crippen LogP contribution in [0.3, 0.4) is 0 Å². The average molecular weight is 231 g/mol. The fourth-order valence-corrected chi connectivity index (χ4v) is 2.00. The highest BCUT2D eigenvalue weighted by molar-refractivity contribution is 5.61. The van der Waals surface area contributed by atoms with E-state index in [9.17, 15) is 4.39 Å². The molecule has 17 heavy (non-hydrogen) atoms. The van der Waals surface area contributed by atoms with Gasteiger partial charge in [-0.3, -0.25) is 4.68 Å². The van der Waals surface area contributed by atoms with Gasteiger partial charge in [-0.15, -0.1) is 0 Å². The molecule has 4 heteroatoms. The third kappa shape index (κ3) is 2.22. The summed E-state index contributed by atoms with van der Waals surface area (Å²) in [5.74, 6) is 0.484. The first-order valence-electron chi connectivity index (χ1n) is 5.80. The van der Waals surface area contributed by atoms with Crippen molar-refractivity contribution < 1.29 is 4.39 Å². The van der Waals surface area contributed by atoms with Crippen molar-refractivity contribution in [2.24, 2.45) is 5.92 Å². The largest absolute Gasteiger partial charge is 0.316 e. The number of nitrogens with one attached hydrogen (secondary N) is 1. The molecule has 0 amide bonds. The third-order valence-electron chi connectivity index (χ3n) is 3.12. The average Bonchev–Trinajstić information content (AvgIpc) is 2.73. The molecule has 0 bridgehead atoms. The number of benzene rings is 1. The number of nitrogens with zero attached hydrogens (tertiary/aromatic N) is 2. The summed E-state index contributed by atoms with van der Waals surface area (Å²) in [6.45, 7) is 3.10. The molecule has 0 radical (unpaired) electrons. The summed E-state index contributed by atoms with van der Waals surface area (Å²) >= 11 is 0. The van der Waals surface area contributed by atoms with Crippen molar-refractivity contribution in [1.29, 1.82) is 0 Å². The molecule has 2 heterocycles. The zero-order chi connectivity index (χ0) is 11.7. The van der Waals surface area contributed by atoms with Gasteiger partial charge in [-0.05, 0) is 17.7 Å². The van der Waals surface area contributed by atoms with Crippen LogP contribution in [-0.2, 0) is 6.54 Å². The Bertz CT molecular complexity index is 500. The van der Waals surface area contributed by atoms with Crippen LogP contribution in [0, 0.1) is 11.7 Å². The Balaban J connectivity index is 1.76. The molecule has 88 valence electrons. The molecule has 1 saturated heterocycles. The van der Waals surface area contributed by atoms with Gasteiger partial charge < -0.3 is 5.32 Å². The lowest BCUT2D eigenvalue weighted by atomic mass is 10.0. The second-order valence-electron chi connectivity index (χ2n) is 4.48. The van der Waals surface area contributed by atoms with Crippen molar-refractivity contribution in [3.8, 4) is 11.1 Å². The zero-order valence-corrected chi connectivity index (χ0v) is 9.44. The van der Waals surface area contributed by atoms with Gasteiger partial charge in [-0.1, -0.05) is 12.1 Å². The Morgan fingerprint density at radius 1 is 1.24 bits per heavy atom. The Kier molecular flexibility index (Phi) is 2.65. The third-order valence-corrected chi connectivity index (χ3v) is 3.12. The van der Waals surface area contributed by atoms with E-state index in [1.54, 1.807) is 12.1 Å². The van der Waals surface area contributed by atoms with Gasteiger partial charge >= 0.3 is 0 Å². The first-order valence-corrected chi connectivity index (χ1v) is 5.80. The van der Waals surface area contributed by atoms with Crippen LogP contribution >= 0.6 is 0 Å². The van der Waals surface area contributed by atoms with E-state index in [0.29, 0.717) is 5.92 Å². The van der Waals surface area contributed by atoms with Crippen LogP contribution in [0.1, 0.15) is 0 Å².